The molecule has 0 aliphatic heterocycles. The molecule has 2 heteroatoms. The van der Waals surface area contributed by atoms with Crippen LogP contribution in [0.5, 0.6) is 0 Å². The minimum atomic E-state index is 1.08. The number of fused-ring (bicyclic) bond motifs is 1. The summed E-state index contributed by atoms with van der Waals surface area (Å²) >= 11 is 0. The Labute approximate surface area is 71.8 Å². The van der Waals surface area contributed by atoms with E-state index in [1.807, 2.05) is 11.7 Å². The van der Waals surface area contributed by atoms with E-state index in [4.69, 9.17) is 0 Å². The van der Waals surface area contributed by atoms with Crippen LogP contribution in [0.25, 0.3) is 10.9 Å². The van der Waals surface area contributed by atoms with Gasteiger partial charge in [0, 0.05) is 18.1 Å². The summed E-state index contributed by atoms with van der Waals surface area (Å²) in [7, 11) is 1.98. The number of nitrogens with zero attached hydrogens (tertiary/aromatic N) is 2. The summed E-state index contributed by atoms with van der Waals surface area (Å²) in [5.41, 5.74) is 3.60. The maximum Gasteiger partial charge on any atom is 0.0926 e. The summed E-state index contributed by atoms with van der Waals surface area (Å²) in [6.07, 6.45) is 0. The van der Waals surface area contributed by atoms with Crippen LogP contribution in [0.4, 0.5) is 0 Å². The summed E-state index contributed by atoms with van der Waals surface area (Å²) in [6.45, 7) is 4.20. The van der Waals surface area contributed by atoms with Gasteiger partial charge in [-0.05, 0) is 26.0 Å². The highest BCUT2D eigenvalue weighted by Crippen LogP contribution is 2.17. The Bertz CT molecular complexity index is 427. The highest BCUT2D eigenvalue weighted by molar-refractivity contribution is 5.81. The van der Waals surface area contributed by atoms with Gasteiger partial charge in [-0.15, -0.1) is 0 Å². The molecule has 0 aliphatic carbocycles. The molecule has 0 amide bonds. The molecule has 12 heavy (non-hydrogen) atoms. The summed E-state index contributed by atoms with van der Waals surface area (Å²) in [5.74, 6) is 0. The van der Waals surface area contributed by atoms with Crippen molar-refractivity contribution in [2.45, 2.75) is 13.8 Å². The Balaban J connectivity index is 2.88. The van der Waals surface area contributed by atoms with Crippen molar-refractivity contribution in [2.24, 2.45) is 7.05 Å². The highest BCUT2D eigenvalue weighted by atomic mass is 15.3. The lowest BCUT2D eigenvalue weighted by atomic mass is 10.1. The van der Waals surface area contributed by atoms with Crippen LogP contribution in [0, 0.1) is 13.8 Å². The van der Waals surface area contributed by atoms with E-state index in [1.54, 1.807) is 0 Å². The van der Waals surface area contributed by atoms with E-state index in [9.17, 15) is 0 Å². The van der Waals surface area contributed by atoms with Crippen LogP contribution in [0.1, 0.15) is 11.3 Å². The minimum Gasteiger partial charge on any atom is -0.272 e. The molecule has 0 unspecified atom stereocenters. The van der Waals surface area contributed by atoms with Crippen molar-refractivity contribution >= 4 is 10.9 Å². The molecule has 0 atom stereocenters. The van der Waals surface area contributed by atoms with E-state index in [1.165, 1.54) is 16.6 Å². The predicted molar refractivity (Wildman–Crippen MR) is 50.2 cm³/mol. The fraction of sp³-hybridized carbons (Fsp3) is 0.300. The summed E-state index contributed by atoms with van der Waals surface area (Å²) in [4.78, 5) is 0. The molecule has 0 saturated carbocycles. The normalized spacial score (nSPS) is 10.9. The molecule has 0 N–H and O–H groups in total. The predicted octanol–water partition coefficient (Wildman–Crippen LogP) is 2.19. The van der Waals surface area contributed by atoms with Gasteiger partial charge in [0.2, 0.25) is 0 Å². The van der Waals surface area contributed by atoms with Gasteiger partial charge in [0.05, 0.1) is 5.52 Å². The standard InChI is InChI=1S/C10H12N2/c1-7-4-5-10-9(6-7)8(2)12(3)11-10/h4-6H,1-3H3. The van der Waals surface area contributed by atoms with Gasteiger partial charge in [0.1, 0.15) is 0 Å². The summed E-state index contributed by atoms with van der Waals surface area (Å²) in [5, 5.41) is 5.63. The van der Waals surface area contributed by atoms with Gasteiger partial charge in [-0.2, -0.15) is 5.10 Å². The zero-order valence-corrected chi connectivity index (χ0v) is 7.63. The van der Waals surface area contributed by atoms with Crippen molar-refractivity contribution in [1.29, 1.82) is 0 Å². The molecular formula is C10H12N2. The fourth-order valence-electron chi connectivity index (χ4n) is 1.44. The van der Waals surface area contributed by atoms with Crippen LogP contribution in [0.3, 0.4) is 0 Å². The number of hydrogen-bond acceptors (Lipinski definition) is 1. The van der Waals surface area contributed by atoms with E-state index in [0.29, 0.717) is 0 Å². The van der Waals surface area contributed by atoms with Gasteiger partial charge >= 0.3 is 0 Å². The Morgan fingerprint density at radius 1 is 1.25 bits per heavy atom. The average Bonchev–Trinajstić information content (AvgIpc) is 2.31. The third-order valence-electron chi connectivity index (χ3n) is 2.28. The van der Waals surface area contributed by atoms with Crippen LogP contribution in [-0.2, 0) is 7.05 Å². The van der Waals surface area contributed by atoms with Crippen molar-refractivity contribution in [3.63, 3.8) is 0 Å². The van der Waals surface area contributed by atoms with E-state index in [0.717, 1.165) is 5.52 Å². The summed E-state index contributed by atoms with van der Waals surface area (Å²) in [6, 6.07) is 6.34. The van der Waals surface area contributed by atoms with E-state index in [2.05, 4.69) is 37.1 Å². The zero-order chi connectivity index (χ0) is 8.72. The van der Waals surface area contributed by atoms with Crippen molar-refractivity contribution in [3.8, 4) is 0 Å². The largest absolute Gasteiger partial charge is 0.272 e. The van der Waals surface area contributed by atoms with Crippen molar-refractivity contribution in [1.82, 2.24) is 9.78 Å². The smallest absolute Gasteiger partial charge is 0.0926 e. The zero-order valence-electron chi connectivity index (χ0n) is 7.63. The lowest BCUT2D eigenvalue weighted by molar-refractivity contribution is 0.751. The van der Waals surface area contributed by atoms with Crippen molar-refractivity contribution < 1.29 is 0 Å². The molecule has 0 radical (unpaired) electrons. The lowest BCUT2D eigenvalue weighted by Crippen LogP contribution is -1.91. The maximum absolute atomic E-state index is 4.37. The fourth-order valence-corrected chi connectivity index (χ4v) is 1.44. The summed E-state index contributed by atoms with van der Waals surface area (Å²) < 4.78 is 1.92. The van der Waals surface area contributed by atoms with Crippen molar-refractivity contribution in [3.05, 3.63) is 29.5 Å². The van der Waals surface area contributed by atoms with Gasteiger partial charge in [0.25, 0.3) is 0 Å². The number of hydrogen-bond donors (Lipinski definition) is 0. The molecule has 2 nitrogen and oxygen atoms in total. The second-order valence-electron chi connectivity index (χ2n) is 3.23. The number of rotatable bonds is 0. The average molecular weight is 160 g/mol. The lowest BCUT2D eigenvalue weighted by Gasteiger charge is -1.92. The second kappa shape index (κ2) is 2.34. The van der Waals surface area contributed by atoms with Gasteiger partial charge in [-0.1, -0.05) is 11.6 Å². The van der Waals surface area contributed by atoms with Crippen LogP contribution in [0.2, 0.25) is 0 Å². The van der Waals surface area contributed by atoms with Crippen LogP contribution >= 0.6 is 0 Å². The quantitative estimate of drug-likeness (QED) is 0.577. The molecule has 0 spiro atoms. The molecule has 0 saturated heterocycles. The first-order valence-corrected chi connectivity index (χ1v) is 4.08. The first-order valence-electron chi connectivity index (χ1n) is 4.08. The van der Waals surface area contributed by atoms with E-state index >= 15 is 0 Å². The highest BCUT2D eigenvalue weighted by Gasteiger charge is 2.02. The number of aryl methyl sites for hydroxylation is 3. The van der Waals surface area contributed by atoms with E-state index in [-0.39, 0.29) is 0 Å². The Morgan fingerprint density at radius 3 is 2.75 bits per heavy atom. The molecular weight excluding hydrogens is 148 g/mol. The van der Waals surface area contributed by atoms with E-state index < -0.39 is 0 Å². The first-order chi connectivity index (χ1) is 5.68. The maximum atomic E-state index is 4.37. The van der Waals surface area contributed by atoms with Crippen molar-refractivity contribution in [2.75, 3.05) is 0 Å². The molecule has 0 fully saturated rings. The Morgan fingerprint density at radius 2 is 2.00 bits per heavy atom. The molecule has 1 aromatic carbocycles. The van der Waals surface area contributed by atoms with Gasteiger partial charge in [-0.3, -0.25) is 4.68 Å². The Hall–Kier alpha value is -1.31. The first kappa shape index (κ1) is 7.35. The topological polar surface area (TPSA) is 17.8 Å². The van der Waals surface area contributed by atoms with Gasteiger partial charge in [-0.25, -0.2) is 0 Å². The molecule has 62 valence electrons. The molecule has 0 aliphatic rings. The van der Waals surface area contributed by atoms with Crippen LogP contribution < -0.4 is 0 Å². The molecule has 1 aromatic heterocycles. The van der Waals surface area contributed by atoms with Gasteiger partial charge in [0.15, 0.2) is 0 Å². The molecule has 1 heterocycles. The van der Waals surface area contributed by atoms with Crippen LogP contribution in [-0.4, -0.2) is 9.78 Å². The molecule has 0 bridgehead atoms. The Kier molecular flexibility index (Phi) is 1.43. The number of benzene rings is 1. The third-order valence-corrected chi connectivity index (χ3v) is 2.28. The van der Waals surface area contributed by atoms with Crippen LogP contribution in [0.15, 0.2) is 18.2 Å². The molecule has 2 aromatic rings. The number of aromatic nitrogens is 2. The third kappa shape index (κ3) is 0.916. The second-order valence-corrected chi connectivity index (χ2v) is 3.23. The SMILES string of the molecule is Cc1ccc2nn(C)c(C)c2c1. The van der Waals surface area contributed by atoms with Gasteiger partial charge < -0.3 is 0 Å². The molecule has 2 rings (SSSR count). The monoisotopic (exact) mass is 160 g/mol. The minimum absolute atomic E-state index is 1.08.